The Hall–Kier alpha value is -1.32. The molecule has 0 bridgehead atoms. The Morgan fingerprint density at radius 1 is 1.57 bits per heavy atom. The fraction of sp³-hybridized carbons (Fsp3) is 0.583. The molecule has 7 nitrogen and oxygen atoms in total. The second kappa shape index (κ2) is 6.20. The van der Waals surface area contributed by atoms with Gasteiger partial charge in [0.05, 0.1) is 19.4 Å². The first-order valence-corrected chi connectivity index (χ1v) is 9.07. The van der Waals surface area contributed by atoms with Gasteiger partial charge in [-0.3, -0.25) is 0 Å². The van der Waals surface area contributed by atoms with E-state index in [1.54, 1.807) is 0 Å². The van der Waals surface area contributed by atoms with Gasteiger partial charge in [0.25, 0.3) is 0 Å². The zero-order chi connectivity index (χ0) is 15.6. The predicted molar refractivity (Wildman–Crippen MR) is 80.6 cm³/mol. The molecule has 0 radical (unpaired) electrons. The quantitative estimate of drug-likeness (QED) is 0.772. The van der Waals surface area contributed by atoms with Gasteiger partial charge in [-0.1, -0.05) is 0 Å². The van der Waals surface area contributed by atoms with Crippen molar-refractivity contribution in [2.75, 3.05) is 44.2 Å². The second-order valence-corrected chi connectivity index (χ2v) is 7.85. The van der Waals surface area contributed by atoms with Crippen molar-refractivity contribution < 1.29 is 22.7 Å². The van der Waals surface area contributed by atoms with Gasteiger partial charge in [-0.15, -0.1) is 11.3 Å². The number of ether oxygens (including phenoxy) is 2. The van der Waals surface area contributed by atoms with E-state index in [-0.39, 0.29) is 15.5 Å². The topological polar surface area (TPSA) is 108 Å². The zero-order valence-electron chi connectivity index (χ0n) is 11.8. The van der Waals surface area contributed by atoms with Crippen LogP contribution in [0.1, 0.15) is 16.1 Å². The molecular formula is C12H18N2O5S2. The van der Waals surface area contributed by atoms with E-state index in [1.165, 1.54) is 7.11 Å². The van der Waals surface area contributed by atoms with Gasteiger partial charge in [0.1, 0.15) is 14.8 Å². The van der Waals surface area contributed by atoms with E-state index < -0.39 is 15.8 Å². The number of nitrogens with two attached hydrogens (primary N) is 1. The van der Waals surface area contributed by atoms with Crippen LogP contribution in [0, 0.1) is 5.92 Å². The smallest absolute Gasteiger partial charge is 0.350 e. The summed E-state index contributed by atoms with van der Waals surface area (Å²) in [4.78, 5) is 11.7. The van der Waals surface area contributed by atoms with Crippen molar-refractivity contribution in [3.63, 3.8) is 0 Å². The van der Waals surface area contributed by atoms with Crippen molar-refractivity contribution in [1.82, 2.24) is 0 Å². The van der Waals surface area contributed by atoms with Crippen molar-refractivity contribution in [1.29, 1.82) is 0 Å². The summed E-state index contributed by atoms with van der Waals surface area (Å²) < 4.78 is 33.7. The molecule has 0 saturated carbocycles. The van der Waals surface area contributed by atoms with E-state index >= 15 is 0 Å². The van der Waals surface area contributed by atoms with Gasteiger partial charge in [-0.25, -0.2) is 13.2 Å². The normalized spacial score (nSPS) is 18.7. The van der Waals surface area contributed by atoms with Crippen LogP contribution in [0.15, 0.2) is 4.90 Å². The molecule has 0 aliphatic carbocycles. The van der Waals surface area contributed by atoms with Gasteiger partial charge in [-0.05, 0) is 6.42 Å². The van der Waals surface area contributed by atoms with Crippen LogP contribution in [0.5, 0.6) is 0 Å². The summed E-state index contributed by atoms with van der Waals surface area (Å²) in [6, 6.07) is 0. The minimum atomic E-state index is -3.55. The van der Waals surface area contributed by atoms with Crippen LogP contribution in [0.3, 0.4) is 0 Å². The second-order valence-electron chi connectivity index (χ2n) is 4.88. The van der Waals surface area contributed by atoms with Crippen LogP contribution in [-0.4, -0.2) is 47.5 Å². The molecule has 1 aliphatic heterocycles. The number of sulfone groups is 1. The Kier molecular flexibility index (Phi) is 4.74. The van der Waals surface area contributed by atoms with Gasteiger partial charge >= 0.3 is 5.97 Å². The van der Waals surface area contributed by atoms with Gasteiger partial charge in [0.2, 0.25) is 0 Å². The summed E-state index contributed by atoms with van der Waals surface area (Å²) in [7, 11) is -2.32. The van der Waals surface area contributed by atoms with Crippen LogP contribution < -0.4 is 11.1 Å². The molecular weight excluding hydrogens is 316 g/mol. The van der Waals surface area contributed by atoms with Crippen molar-refractivity contribution in [2.45, 2.75) is 11.3 Å². The monoisotopic (exact) mass is 334 g/mol. The maximum atomic E-state index is 11.9. The summed E-state index contributed by atoms with van der Waals surface area (Å²) in [5, 5.41) is 3.45. The first kappa shape index (κ1) is 16.1. The predicted octanol–water partition coefficient (Wildman–Crippen LogP) is 0.969. The summed E-state index contributed by atoms with van der Waals surface area (Å²) in [6.45, 7) is 1.93. The van der Waals surface area contributed by atoms with Gasteiger partial charge in [0.15, 0.2) is 9.84 Å². The summed E-state index contributed by atoms with van der Waals surface area (Å²) >= 11 is 0.998. The fourth-order valence-corrected chi connectivity index (χ4v) is 4.63. The van der Waals surface area contributed by atoms with Crippen molar-refractivity contribution >= 4 is 37.8 Å². The largest absolute Gasteiger partial charge is 0.465 e. The molecule has 1 aromatic heterocycles. The number of methoxy groups -OCH3 is 1. The number of rotatable bonds is 5. The van der Waals surface area contributed by atoms with Crippen LogP contribution in [0.25, 0.3) is 0 Å². The van der Waals surface area contributed by atoms with E-state index in [1.807, 2.05) is 0 Å². The average Bonchev–Trinajstić information content (AvgIpc) is 3.02. The highest BCUT2D eigenvalue weighted by atomic mass is 32.2. The first-order chi connectivity index (χ1) is 9.84. The highest BCUT2D eigenvalue weighted by Crippen LogP contribution is 2.39. The molecule has 21 heavy (non-hydrogen) atoms. The Bertz CT molecular complexity index is 632. The van der Waals surface area contributed by atoms with Crippen LogP contribution in [0.4, 0.5) is 10.7 Å². The van der Waals surface area contributed by atoms with Gasteiger partial charge in [-0.2, -0.15) is 0 Å². The van der Waals surface area contributed by atoms with Crippen LogP contribution >= 0.6 is 11.3 Å². The summed E-state index contributed by atoms with van der Waals surface area (Å²) in [5.41, 5.74) is 5.76. The van der Waals surface area contributed by atoms with E-state index in [4.69, 9.17) is 10.5 Å². The van der Waals surface area contributed by atoms with Crippen LogP contribution in [0.2, 0.25) is 0 Å². The Morgan fingerprint density at radius 2 is 2.29 bits per heavy atom. The van der Waals surface area contributed by atoms with Crippen molar-refractivity contribution in [3.8, 4) is 0 Å². The highest BCUT2D eigenvalue weighted by Gasteiger charge is 2.28. The lowest BCUT2D eigenvalue weighted by Gasteiger charge is -2.10. The summed E-state index contributed by atoms with van der Waals surface area (Å²) in [5.74, 6) is -0.318. The third kappa shape index (κ3) is 3.47. The van der Waals surface area contributed by atoms with Crippen molar-refractivity contribution in [2.24, 2.45) is 5.92 Å². The molecule has 118 valence electrons. The SMILES string of the molecule is COC(=O)c1sc(NCC2CCOC2)c(S(C)(=O)=O)c1N. The minimum absolute atomic E-state index is 0.0354. The maximum Gasteiger partial charge on any atom is 0.350 e. The average molecular weight is 334 g/mol. The van der Waals surface area contributed by atoms with Crippen LogP contribution in [-0.2, 0) is 19.3 Å². The molecule has 0 amide bonds. The highest BCUT2D eigenvalue weighted by molar-refractivity contribution is 7.91. The maximum absolute atomic E-state index is 11.9. The Labute approximate surface area is 127 Å². The number of esters is 1. The minimum Gasteiger partial charge on any atom is -0.465 e. The molecule has 1 aromatic rings. The molecule has 9 heteroatoms. The number of anilines is 2. The lowest BCUT2D eigenvalue weighted by atomic mass is 10.1. The molecule has 3 N–H and O–H groups in total. The third-order valence-electron chi connectivity index (χ3n) is 3.22. The Morgan fingerprint density at radius 3 is 2.81 bits per heavy atom. The lowest BCUT2D eigenvalue weighted by molar-refractivity contribution is 0.0607. The van der Waals surface area contributed by atoms with E-state index in [0.717, 1.165) is 24.0 Å². The molecule has 1 unspecified atom stereocenters. The number of nitrogen functional groups attached to an aromatic ring is 1. The molecule has 1 atom stereocenters. The zero-order valence-corrected chi connectivity index (χ0v) is 13.5. The fourth-order valence-electron chi connectivity index (χ4n) is 2.14. The number of hydrogen-bond acceptors (Lipinski definition) is 8. The molecule has 1 aliphatic rings. The first-order valence-electron chi connectivity index (χ1n) is 6.36. The third-order valence-corrected chi connectivity index (χ3v) is 5.65. The molecule has 1 fully saturated rings. The van der Waals surface area contributed by atoms with E-state index in [9.17, 15) is 13.2 Å². The van der Waals surface area contributed by atoms with E-state index in [0.29, 0.717) is 30.7 Å². The number of hydrogen-bond donors (Lipinski definition) is 2. The van der Waals surface area contributed by atoms with Gasteiger partial charge in [0, 0.05) is 25.3 Å². The number of carbonyl (C=O) groups is 1. The van der Waals surface area contributed by atoms with Gasteiger partial charge < -0.3 is 20.5 Å². The Balaban J connectivity index is 2.31. The molecule has 2 rings (SSSR count). The molecule has 1 saturated heterocycles. The number of thiophene rings is 1. The van der Waals surface area contributed by atoms with Crippen molar-refractivity contribution in [3.05, 3.63) is 4.88 Å². The molecule has 0 aromatic carbocycles. The standard InChI is InChI=1S/C12H18N2O5S2/c1-18-12(15)9-8(13)10(21(2,16)17)11(20-9)14-5-7-3-4-19-6-7/h7,14H,3-6,13H2,1-2H3. The molecule has 2 heterocycles. The summed E-state index contributed by atoms with van der Waals surface area (Å²) in [6.07, 6.45) is 1.99. The molecule has 0 spiro atoms. The number of nitrogens with one attached hydrogen (secondary N) is 1. The lowest BCUT2D eigenvalue weighted by Crippen LogP contribution is -2.15. The van der Waals surface area contributed by atoms with E-state index in [2.05, 4.69) is 10.1 Å². The number of carbonyl (C=O) groups excluding carboxylic acids is 1.